The molecule has 0 aromatic carbocycles. The van der Waals surface area contributed by atoms with Gasteiger partial charge in [-0.2, -0.15) is 0 Å². The molecule has 8 heteroatoms. The van der Waals surface area contributed by atoms with Crippen LogP contribution in [0.1, 0.15) is 45.4 Å². The van der Waals surface area contributed by atoms with Crippen molar-refractivity contribution in [2.75, 3.05) is 0 Å². The lowest BCUT2D eigenvalue weighted by Crippen LogP contribution is -2.47. The molecule has 4 saturated carbocycles. The normalized spacial score (nSPS) is 45.8. The monoisotopic (exact) mass is 286 g/mol. The van der Waals surface area contributed by atoms with E-state index in [1.165, 1.54) is 0 Å². The summed E-state index contributed by atoms with van der Waals surface area (Å²) in [4.78, 5) is 31.8. The first-order chi connectivity index (χ1) is 9.32. The first kappa shape index (κ1) is 13.4. The summed E-state index contributed by atoms with van der Waals surface area (Å²) in [5.41, 5.74) is -1.55. The fourth-order valence-corrected chi connectivity index (χ4v) is 5.04. The Balaban J connectivity index is 1.94. The molecule has 4 aliphatic carbocycles. The molecule has 4 bridgehead atoms. The van der Waals surface area contributed by atoms with Gasteiger partial charge in [0.25, 0.3) is 10.2 Å². The van der Waals surface area contributed by atoms with Crippen LogP contribution in [0.2, 0.25) is 0 Å². The average molecular weight is 286 g/mol. The van der Waals surface area contributed by atoms with Crippen LogP contribution in [0, 0.1) is 38.0 Å². The summed E-state index contributed by atoms with van der Waals surface area (Å²) in [6.07, 6.45) is 3.85. The van der Waals surface area contributed by atoms with Crippen LogP contribution >= 0.6 is 0 Å². The van der Waals surface area contributed by atoms with Crippen molar-refractivity contribution < 1.29 is 19.8 Å². The van der Waals surface area contributed by atoms with E-state index in [-0.39, 0.29) is 17.8 Å². The van der Waals surface area contributed by atoms with Crippen LogP contribution < -0.4 is 0 Å². The van der Waals surface area contributed by atoms with Crippen LogP contribution in [0.15, 0.2) is 0 Å². The Bertz CT molecular complexity index is 439. The highest BCUT2D eigenvalue weighted by Crippen LogP contribution is 2.59. The van der Waals surface area contributed by atoms with Crippen molar-refractivity contribution in [1.29, 1.82) is 0 Å². The summed E-state index contributed by atoms with van der Waals surface area (Å²) in [5.74, 6) is 0.308. The predicted octanol–water partition coefficient (Wildman–Crippen LogP) is 2.13. The van der Waals surface area contributed by atoms with Crippen molar-refractivity contribution in [2.45, 2.75) is 56.7 Å². The van der Waals surface area contributed by atoms with E-state index in [2.05, 4.69) is 0 Å². The maximum Gasteiger partial charge on any atom is 0.295 e. The highest BCUT2D eigenvalue weighted by Gasteiger charge is 2.59. The summed E-state index contributed by atoms with van der Waals surface area (Å²) in [5, 5.41) is 20.2. The van der Waals surface area contributed by atoms with E-state index in [4.69, 9.17) is 9.68 Å². The van der Waals surface area contributed by atoms with Gasteiger partial charge in [0, 0.05) is 0 Å². The van der Waals surface area contributed by atoms with Crippen LogP contribution in [-0.2, 0) is 9.68 Å². The van der Waals surface area contributed by atoms with Gasteiger partial charge in [-0.1, -0.05) is 6.92 Å². The Morgan fingerprint density at radius 1 is 0.950 bits per heavy atom. The largest absolute Gasteiger partial charge is 0.307 e. The third-order valence-corrected chi connectivity index (χ3v) is 5.36. The van der Waals surface area contributed by atoms with Crippen LogP contribution in [-0.4, -0.2) is 21.4 Å². The summed E-state index contributed by atoms with van der Waals surface area (Å²) in [6.45, 7) is 1.89. The highest BCUT2D eigenvalue weighted by atomic mass is 17.0. The highest BCUT2D eigenvalue weighted by molar-refractivity contribution is 5.08. The Morgan fingerprint density at radius 2 is 1.50 bits per heavy atom. The topological polar surface area (TPSA) is 105 Å². The SMILES string of the molecule is CC1CC2(O[N+](=O)[O-])C[C@H]3C[C@@H](C2)CC1(O[N+](=O)[O-])C3. The molecular weight excluding hydrogens is 268 g/mol. The lowest BCUT2D eigenvalue weighted by molar-refractivity contribution is -0.786. The van der Waals surface area contributed by atoms with Crippen molar-refractivity contribution in [2.24, 2.45) is 17.8 Å². The second-order valence-corrected chi connectivity index (χ2v) is 6.77. The zero-order valence-electron chi connectivity index (χ0n) is 11.3. The van der Waals surface area contributed by atoms with Crippen LogP contribution in [0.3, 0.4) is 0 Å². The molecule has 0 saturated heterocycles. The lowest BCUT2D eigenvalue weighted by Gasteiger charge is -2.46. The molecule has 4 fully saturated rings. The van der Waals surface area contributed by atoms with Gasteiger partial charge in [0.05, 0.1) is 0 Å². The molecule has 0 aromatic rings. The second kappa shape index (κ2) is 4.20. The van der Waals surface area contributed by atoms with Gasteiger partial charge in [-0.3, -0.25) is 0 Å². The molecule has 0 amide bonds. The lowest BCUT2D eigenvalue weighted by atomic mass is 9.64. The smallest absolute Gasteiger partial charge is 0.295 e. The van der Waals surface area contributed by atoms with Crippen molar-refractivity contribution in [3.8, 4) is 0 Å². The molecule has 5 atom stereocenters. The van der Waals surface area contributed by atoms with Gasteiger partial charge in [0.2, 0.25) is 0 Å². The minimum absolute atomic E-state index is 0.122. The van der Waals surface area contributed by atoms with E-state index >= 15 is 0 Å². The molecular formula is C12H18N2O6. The third-order valence-electron chi connectivity index (χ3n) is 5.36. The molecule has 112 valence electrons. The average Bonchev–Trinajstić information content (AvgIpc) is 2.35. The first-order valence-corrected chi connectivity index (χ1v) is 7.00. The molecule has 0 aromatic heterocycles. The maximum absolute atomic E-state index is 10.8. The van der Waals surface area contributed by atoms with Gasteiger partial charge in [-0.25, -0.2) is 0 Å². The zero-order chi connectivity index (χ0) is 14.5. The minimum atomic E-state index is -0.782. The maximum atomic E-state index is 10.8. The molecule has 0 radical (unpaired) electrons. The fourth-order valence-electron chi connectivity index (χ4n) is 5.04. The number of fused-ring (bicyclic) bond motifs is 1. The molecule has 0 N–H and O–H groups in total. The van der Waals surface area contributed by atoms with Crippen molar-refractivity contribution in [3.63, 3.8) is 0 Å². The summed E-state index contributed by atoms with van der Waals surface area (Å²) in [7, 11) is 0. The Labute approximate surface area is 115 Å². The molecule has 0 heterocycles. The quantitative estimate of drug-likeness (QED) is 0.579. The number of nitrogens with zero attached hydrogens (tertiary/aromatic N) is 2. The zero-order valence-corrected chi connectivity index (χ0v) is 11.3. The molecule has 20 heavy (non-hydrogen) atoms. The standard InChI is InChI=1S/C12H18N2O6/c1-8-3-11(19-13(15)16)4-9-2-10(5-11)7-12(8,6-9)20-14(17)18/h8-10H,2-7H2,1H3/t8?,9-,10+,11?,12?. The van der Waals surface area contributed by atoms with E-state index in [1.807, 2.05) is 6.92 Å². The van der Waals surface area contributed by atoms with Crippen LogP contribution in [0.5, 0.6) is 0 Å². The molecule has 0 spiro atoms. The molecule has 4 rings (SSSR count). The minimum Gasteiger partial charge on any atom is -0.307 e. The van der Waals surface area contributed by atoms with E-state index < -0.39 is 21.4 Å². The van der Waals surface area contributed by atoms with Crippen molar-refractivity contribution in [3.05, 3.63) is 20.2 Å². The van der Waals surface area contributed by atoms with Gasteiger partial charge < -0.3 is 9.68 Å². The molecule has 8 nitrogen and oxygen atoms in total. The molecule has 4 aliphatic rings. The van der Waals surface area contributed by atoms with Gasteiger partial charge in [-0.15, -0.1) is 20.2 Å². The Kier molecular flexibility index (Phi) is 2.81. The number of rotatable bonds is 4. The van der Waals surface area contributed by atoms with Crippen LogP contribution in [0.25, 0.3) is 0 Å². The summed E-state index contributed by atoms with van der Waals surface area (Å²) >= 11 is 0. The fraction of sp³-hybridized carbons (Fsp3) is 1.00. The van der Waals surface area contributed by atoms with E-state index in [0.717, 1.165) is 6.42 Å². The van der Waals surface area contributed by atoms with E-state index in [0.29, 0.717) is 32.1 Å². The van der Waals surface area contributed by atoms with Gasteiger partial charge >= 0.3 is 0 Å². The van der Waals surface area contributed by atoms with Crippen LogP contribution in [0.4, 0.5) is 0 Å². The predicted molar refractivity (Wildman–Crippen MR) is 65.5 cm³/mol. The molecule has 3 unspecified atom stereocenters. The Hall–Kier alpha value is -1.60. The summed E-state index contributed by atoms with van der Waals surface area (Å²) in [6, 6.07) is 0. The first-order valence-electron chi connectivity index (χ1n) is 7.00. The van der Waals surface area contributed by atoms with Crippen molar-refractivity contribution in [1.82, 2.24) is 0 Å². The van der Waals surface area contributed by atoms with E-state index in [1.54, 1.807) is 0 Å². The number of hydrogen-bond acceptors (Lipinski definition) is 6. The molecule has 0 aliphatic heterocycles. The van der Waals surface area contributed by atoms with Gasteiger partial charge in [0.1, 0.15) is 11.2 Å². The second-order valence-electron chi connectivity index (χ2n) is 6.77. The third kappa shape index (κ3) is 2.06. The van der Waals surface area contributed by atoms with Gasteiger partial charge in [0.15, 0.2) is 0 Å². The Morgan fingerprint density at radius 3 is 2.00 bits per heavy atom. The number of hydrogen-bond donors (Lipinski definition) is 0. The van der Waals surface area contributed by atoms with Crippen molar-refractivity contribution >= 4 is 0 Å². The van der Waals surface area contributed by atoms with Gasteiger partial charge in [-0.05, 0) is 56.3 Å². The van der Waals surface area contributed by atoms with E-state index in [9.17, 15) is 20.2 Å². The summed E-state index contributed by atoms with van der Waals surface area (Å²) < 4.78 is 0.